The van der Waals surface area contributed by atoms with E-state index in [4.69, 9.17) is 27.7 Å². The van der Waals surface area contributed by atoms with Crippen LogP contribution in [-0.2, 0) is 0 Å². The summed E-state index contributed by atoms with van der Waals surface area (Å²) in [5, 5.41) is 3.43. The third kappa shape index (κ3) is 1.89. The van der Waals surface area contributed by atoms with Crippen LogP contribution in [0.5, 0.6) is 0 Å². The van der Waals surface area contributed by atoms with Crippen molar-refractivity contribution in [3.63, 3.8) is 0 Å². The van der Waals surface area contributed by atoms with Crippen LogP contribution >= 0.6 is 23.2 Å². The second-order valence-electron chi connectivity index (χ2n) is 2.83. The molecule has 0 amide bonds. The Kier molecular flexibility index (Phi) is 2.75. The largest absolute Gasteiger partial charge is 0.364 e. The lowest BCUT2D eigenvalue weighted by Crippen LogP contribution is -1.92. The van der Waals surface area contributed by atoms with E-state index in [2.05, 4.69) is 5.16 Å². The smallest absolute Gasteiger partial charge is 0.253 e. The van der Waals surface area contributed by atoms with Crippen LogP contribution in [-0.4, -0.2) is 10.4 Å². The van der Waals surface area contributed by atoms with Crippen molar-refractivity contribution in [1.29, 1.82) is 0 Å². The van der Waals surface area contributed by atoms with Crippen LogP contribution in [0.1, 0.15) is 10.4 Å². The first-order chi connectivity index (χ1) is 7.20. The maximum Gasteiger partial charge on any atom is 0.253 e. The summed E-state index contributed by atoms with van der Waals surface area (Å²) in [6.45, 7) is 0. The van der Waals surface area contributed by atoms with Gasteiger partial charge in [-0.1, -0.05) is 28.9 Å². The van der Waals surface area contributed by atoms with E-state index < -0.39 is 5.24 Å². The van der Waals surface area contributed by atoms with Gasteiger partial charge < -0.3 is 4.52 Å². The first kappa shape index (κ1) is 10.2. The fourth-order valence-corrected chi connectivity index (χ4v) is 1.75. The molecule has 5 heteroatoms. The molecule has 15 heavy (non-hydrogen) atoms. The fourth-order valence-electron chi connectivity index (χ4n) is 1.23. The van der Waals surface area contributed by atoms with Crippen LogP contribution in [0.15, 0.2) is 35.1 Å². The molecular formula is C10H5Cl2NO2. The summed E-state index contributed by atoms with van der Waals surface area (Å²) < 4.78 is 4.70. The van der Waals surface area contributed by atoms with Crippen LogP contribution in [0, 0.1) is 0 Å². The normalized spacial score (nSPS) is 10.3. The average Bonchev–Trinajstić information content (AvgIpc) is 2.70. The lowest BCUT2D eigenvalue weighted by atomic mass is 10.1. The molecule has 0 radical (unpaired) electrons. The highest BCUT2D eigenvalue weighted by Crippen LogP contribution is 2.30. The van der Waals surface area contributed by atoms with Gasteiger partial charge in [-0.3, -0.25) is 4.79 Å². The van der Waals surface area contributed by atoms with E-state index in [-0.39, 0.29) is 10.6 Å². The SMILES string of the molecule is O=C(Cl)c1cccc(-c2ccon2)c1Cl. The minimum absolute atomic E-state index is 0.263. The summed E-state index contributed by atoms with van der Waals surface area (Å²) >= 11 is 11.4. The first-order valence-electron chi connectivity index (χ1n) is 4.09. The molecule has 3 nitrogen and oxygen atoms in total. The van der Waals surface area contributed by atoms with Crippen molar-refractivity contribution in [2.24, 2.45) is 0 Å². The lowest BCUT2D eigenvalue weighted by molar-refractivity contribution is 0.108. The molecule has 0 N–H and O–H groups in total. The number of halogens is 2. The van der Waals surface area contributed by atoms with E-state index in [0.717, 1.165) is 0 Å². The fraction of sp³-hybridized carbons (Fsp3) is 0. The van der Waals surface area contributed by atoms with Crippen LogP contribution in [0.3, 0.4) is 0 Å². The molecule has 0 bridgehead atoms. The minimum atomic E-state index is -0.592. The summed E-state index contributed by atoms with van der Waals surface area (Å²) in [6, 6.07) is 6.64. The molecule has 1 heterocycles. The van der Waals surface area contributed by atoms with E-state index in [9.17, 15) is 4.79 Å². The Morgan fingerprint density at radius 1 is 1.33 bits per heavy atom. The second kappa shape index (κ2) is 4.04. The van der Waals surface area contributed by atoms with Gasteiger partial charge in [-0.05, 0) is 17.7 Å². The highest BCUT2D eigenvalue weighted by atomic mass is 35.5. The molecule has 0 saturated heterocycles. The molecule has 0 fully saturated rings. The van der Waals surface area contributed by atoms with Gasteiger partial charge >= 0.3 is 0 Å². The number of rotatable bonds is 2. The molecule has 0 aliphatic carbocycles. The second-order valence-corrected chi connectivity index (χ2v) is 3.55. The zero-order valence-electron chi connectivity index (χ0n) is 7.41. The quantitative estimate of drug-likeness (QED) is 0.758. The number of nitrogens with zero attached hydrogens (tertiary/aromatic N) is 1. The molecule has 0 aliphatic heterocycles. The highest BCUT2D eigenvalue weighted by Gasteiger charge is 2.13. The van der Waals surface area contributed by atoms with Gasteiger partial charge in [0.05, 0.1) is 10.6 Å². The van der Waals surface area contributed by atoms with Gasteiger partial charge in [0.15, 0.2) is 0 Å². The third-order valence-electron chi connectivity index (χ3n) is 1.92. The summed E-state index contributed by atoms with van der Waals surface area (Å²) in [5.41, 5.74) is 1.45. The van der Waals surface area contributed by atoms with Gasteiger partial charge in [-0.25, -0.2) is 0 Å². The van der Waals surface area contributed by atoms with Crippen LogP contribution in [0.4, 0.5) is 0 Å². The van der Waals surface area contributed by atoms with Gasteiger partial charge in [-0.15, -0.1) is 0 Å². The molecule has 2 aromatic rings. The van der Waals surface area contributed by atoms with E-state index in [1.54, 1.807) is 24.3 Å². The van der Waals surface area contributed by atoms with Crippen LogP contribution in [0.25, 0.3) is 11.3 Å². The molecule has 0 unspecified atom stereocenters. The van der Waals surface area contributed by atoms with Crippen molar-refractivity contribution in [3.05, 3.63) is 41.1 Å². The molecule has 0 atom stereocenters. The Balaban J connectivity index is 2.59. The van der Waals surface area contributed by atoms with E-state index in [0.29, 0.717) is 11.3 Å². The monoisotopic (exact) mass is 241 g/mol. The predicted octanol–water partition coefficient (Wildman–Crippen LogP) is 3.37. The highest BCUT2D eigenvalue weighted by molar-refractivity contribution is 6.68. The van der Waals surface area contributed by atoms with Crippen molar-refractivity contribution in [2.45, 2.75) is 0 Å². The molecule has 0 saturated carbocycles. The Labute approximate surface area is 95.6 Å². The Hall–Kier alpha value is -1.32. The number of benzene rings is 1. The zero-order valence-corrected chi connectivity index (χ0v) is 8.92. The summed E-state index contributed by atoms with van der Waals surface area (Å²) in [5.74, 6) is 0. The average molecular weight is 242 g/mol. The van der Waals surface area contributed by atoms with Gasteiger partial charge in [0.2, 0.25) is 0 Å². The molecular weight excluding hydrogens is 237 g/mol. The number of aromatic nitrogens is 1. The summed E-state index contributed by atoms with van der Waals surface area (Å²) in [4.78, 5) is 11.0. The van der Waals surface area contributed by atoms with Gasteiger partial charge in [0.1, 0.15) is 12.0 Å². The molecule has 76 valence electrons. The van der Waals surface area contributed by atoms with Gasteiger partial charge in [0, 0.05) is 11.6 Å². The van der Waals surface area contributed by atoms with Crippen molar-refractivity contribution in [3.8, 4) is 11.3 Å². The molecule has 1 aromatic carbocycles. The predicted molar refractivity (Wildman–Crippen MR) is 57.1 cm³/mol. The lowest BCUT2D eigenvalue weighted by Gasteiger charge is -2.02. The minimum Gasteiger partial charge on any atom is -0.364 e. The van der Waals surface area contributed by atoms with Crippen LogP contribution < -0.4 is 0 Å². The van der Waals surface area contributed by atoms with Gasteiger partial charge in [0.25, 0.3) is 5.24 Å². The standard InChI is InChI=1S/C10H5Cl2NO2/c11-9-6(8-4-5-15-13-8)2-1-3-7(9)10(12)14/h1-5H. The summed E-state index contributed by atoms with van der Waals surface area (Å²) in [7, 11) is 0. The van der Waals surface area contributed by atoms with Crippen LogP contribution in [0.2, 0.25) is 5.02 Å². The number of carbonyl (C=O) groups is 1. The summed E-state index contributed by atoms with van der Waals surface area (Å²) in [6.07, 6.45) is 1.43. The molecule has 0 aliphatic rings. The third-order valence-corrected chi connectivity index (χ3v) is 2.54. The van der Waals surface area contributed by atoms with E-state index in [1.807, 2.05) is 0 Å². The van der Waals surface area contributed by atoms with E-state index >= 15 is 0 Å². The van der Waals surface area contributed by atoms with Gasteiger partial charge in [-0.2, -0.15) is 0 Å². The number of carbonyl (C=O) groups excluding carboxylic acids is 1. The van der Waals surface area contributed by atoms with E-state index in [1.165, 1.54) is 6.26 Å². The van der Waals surface area contributed by atoms with Crippen molar-refractivity contribution in [1.82, 2.24) is 5.16 Å². The Morgan fingerprint density at radius 2 is 2.13 bits per heavy atom. The first-order valence-corrected chi connectivity index (χ1v) is 4.85. The Morgan fingerprint density at radius 3 is 2.73 bits per heavy atom. The van der Waals surface area contributed by atoms with Crippen molar-refractivity contribution >= 4 is 28.4 Å². The topological polar surface area (TPSA) is 43.1 Å². The number of hydrogen-bond acceptors (Lipinski definition) is 3. The molecule has 0 spiro atoms. The van der Waals surface area contributed by atoms with Crippen molar-refractivity contribution in [2.75, 3.05) is 0 Å². The number of hydrogen-bond donors (Lipinski definition) is 0. The maximum absolute atomic E-state index is 11.0. The zero-order chi connectivity index (χ0) is 10.8. The van der Waals surface area contributed by atoms with Crippen molar-refractivity contribution < 1.29 is 9.32 Å². The maximum atomic E-state index is 11.0. The Bertz CT molecular complexity index is 494. The molecule has 1 aromatic heterocycles. The molecule has 2 rings (SSSR count).